The van der Waals surface area contributed by atoms with Crippen molar-refractivity contribution in [2.75, 3.05) is 4.90 Å². The quantitative estimate of drug-likeness (QED) is 0.167. The molecule has 0 saturated carbocycles. The van der Waals surface area contributed by atoms with Crippen LogP contribution in [-0.4, -0.2) is 4.57 Å². The van der Waals surface area contributed by atoms with Gasteiger partial charge in [-0.25, -0.2) is 0 Å². The summed E-state index contributed by atoms with van der Waals surface area (Å²) in [5.41, 5.74) is 11.7. The number of hydrogen-bond donors (Lipinski definition) is 0. The van der Waals surface area contributed by atoms with E-state index >= 15 is 0 Å². The first-order valence-electron chi connectivity index (χ1n) is 19.3. The molecule has 2 nitrogen and oxygen atoms in total. The standard InChI is InChI=1S/C54H36N2/c1-2-20-44(21-3-1)56-51-26-11-10-25-49(51)54-52(56)36-42-17-7-9-24-48(42)53(54)43-19-12-22-46(35-43)55(50-27-13-18-39-15-6-8-23-47(39)50)45-32-30-38(31-33-45)41-29-28-37-14-4-5-16-40(37)34-41/h1-36H. The van der Waals surface area contributed by atoms with E-state index in [1.807, 2.05) is 0 Å². The topological polar surface area (TPSA) is 8.17 Å². The molecular formula is C54H36N2. The molecule has 0 saturated heterocycles. The van der Waals surface area contributed by atoms with Crippen LogP contribution in [0.2, 0.25) is 0 Å². The van der Waals surface area contributed by atoms with E-state index in [1.54, 1.807) is 0 Å². The molecule has 0 spiro atoms. The molecule has 1 heterocycles. The molecule has 11 rings (SSSR count). The largest absolute Gasteiger partial charge is 0.310 e. The number of anilines is 3. The van der Waals surface area contributed by atoms with Crippen molar-refractivity contribution in [1.82, 2.24) is 4.57 Å². The van der Waals surface area contributed by atoms with E-state index in [2.05, 4.69) is 228 Å². The summed E-state index contributed by atoms with van der Waals surface area (Å²) in [6.45, 7) is 0. The van der Waals surface area contributed by atoms with Gasteiger partial charge >= 0.3 is 0 Å². The first-order chi connectivity index (χ1) is 27.8. The first kappa shape index (κ1) is 32.0. The Morgan fingerprint density at radius 3 is 1.80 bits per heavy atom. The number of benzene rings is 10. The van der Waals surface area contributed by atoms with Crippen LogP contribution in [-0.2, 0) is 0 Å². The van der Waals surface area contributed by atoms with Crippen LogP contribution in [0, 0.1) is 0 Å². The van der Waals surface area contributed by atoms with E-state index in [0.29, 0.717) is 0 Å². The molecule has 0 bridgehead atoms. The van der Waals surface area contributed by atoms with Crippen molar-refractivity contribution in [3.05, 3.63) is 218 Å². The van der Waals surface area contributed by atoms with E-state index in [9.17, 15) is 0 Å². The maximum Gasteiger partial charge on any atom is 0.0553 e. The number of rotatable bonds is 6. The van der Waals surface area contributed by atoms with Crippen molar-refractivity contribution in [3.63, 3.8) is 0 Å². The molecule has 2 heteroatoms. The SMILES string of the molecule is c1ccc(-n2c3ccccc3c3c(-c4cccc(N(c5ccc(-c6ccc7ccccc7c6)cc5)c5cccc6ccccc56)c4)c4ccccc4cc32)cc1. The Labute approximate surface area is 325 Å². The molecule has 0 aliphatic heterocycles. The molecule has 0 radical (unpaired) electrons. The number of para-hydroxylation sites is 2. The zero-order valence-electron chi connectivity index (χ0n) is 30.7. The molecule has 11 aromatic rings. The second-order valence-electron chi connectivity index (χ2n) is 14.5. The summed E-state index contributed by atoms with van der Waals surface area (Å²) in [5, 5.41) is 9.88. The Balaban J connectivity index is 1.14. The Kier molecular flexibility index (Phi) is 7.53. The van der Waals surface area contributed by atoms with Crippen molar-refractivity contribution in [1.29, 1.82) is 0 Å². The lowest BCUT2D eigenvalue weighted by Gasteiger charge is -2.27. The van der Waals surface area contributed by atoms with E-state index in [4.69, 9.17) is 0 Å². The molecule has 1 aromatic heterocycles. The van der Waals surface area contributed by atoms with Crippen LogP contribution in [0.3, 0.4) is 0 Å². The predicted octanol–water partition coefficient (Wildman–Crippen LogP) is 15.0. The number of fused-ring (bicyclic) bond motifs is 6. The van der Waals surface area contributed by atoms with E-state index < -0.39 is 0 Å². The molecule has 56 heavy (non-hydrogen) atoms. The van der Waals surface area contributed by atoms with Crippen LogP contribution < -0.4 is 4.90 Å². The van der Waals surface area contributed by atoms with Gasteiger partial charge in [-0.2, -0.15) is 0 Å². The summed E-state index contributed by atoms with van der Waals surface area (Å²) < 4.78 is 2.42. The molecule has 0 fully saturated rings. The second-order valence-corrected chi connectivity index (χ2v) is 14.5. The molecule has 0 aliphatic rings. The van der Waals surface area contributed by atoms with Crippen LogP contribution in [0.15, 0.2) is 218 Å². The molecule has 0 N–H and O–H groups in total. The van der Waals surface area contributed by atoms with Crippen molar-refractivity contribution in [3.8, 4) is 27.9 Å². The minimum atomic E-state index is 1.10. The molecule has 0 amide bonds. The van der Waals surface area contributed by atoms with Crippen LogP contribution in [0.5, 0.6) is 0 Å². The van der Waals surface area contributed by atoms with Gasteiger partial charge < -0.3 is 9.47 Å². The summed E-state index contributed by atoms with van der Waals surface area (Å²) in [6, 6.07) is 79.5. The van der Waals surface area contributed by atoms with Gasteiger partial charge in [-0.3, -0.25) is 0 Å². The van der Waals surface area contributed by atoms with Gasteiger partial charge in [0.1, 0.15) is 0 Å². The number of nitrogens with zero attached hydrogens (tertiary/aromatic N) is 2. The zero-order chi connectivity index (χ0) is 37.0. The Bertz CT molecular complexity index is 3240. The van der Waals surface area contributed by atoms with Crippen LogP contribution in [0.4, 0.5) is 17.1 Å². The second kappa shape index (κ2) is 13.2. The molecular weight excluding hydrogens is 677 g/mol. The number of hydrogen-bond acceptors (Lipinski definition) is 1. The van der Waals surface area contributed by atoms with Crippen LogP contribution >= 0.6 is 0 Å². The highest BCUT2D eigenvalue weighted by Crippen LogP contribution is 2.46. The molecule has 0 aliphatic carbocycles. The van der Waals surface area contributed by atoms with Gasteiger partial charge in [0.05, 0.1) is 16.7 Å². The lowest BCUT2D eigenvalue weighted by molar-refractivity contribution is 1.18. The minimum absolute atomic E-state index is 1.10. The van der Waals surface area contributed by atoms with Gasteiger partial charge in [0.2, 0.25) is 0 Å². The van der Waals surface area contributed by atoms with Crippen molar-refractivity contribution in [2.24, 2.45) is 0 Å². The number of aromatic nitrogens is 1. The predicted molar refractivity (Wildman–Crippen MR) is 239 cm³/mol. The highest BCUT2D eigenvalue weighted by Gasteiger charge is 2.21. The molecule has 10 aromatic carbocycles. The van der Waals surface area contributed by atoms with Crippen LogP contribution in [0.25, 0.3) is 82.1 Å². The lowest BCUT2D eigenvalue weighted by atomic mass is 9.92. The van der Waals surface area contributed by atoms with E-state index in [1.165, 1.54) is 76.4 Å². The molecule has 262 valence electrons. The Hall–Kier alpha value is -7.42. The summed E-state index contributed by atoms with van der Waals surface area (Å²) in [5.74, 6) is 0. The monoisotopic (exact) mass is 712 g/mol. The molecule has 0 atom stereocenters. The summed E-state index contributed by atoms with van der Waals surface area (Å²) in [4.78, 5) is 2.42. The van der Waals surface area contributed by atoms with Gasteiger partial charge in [-0.1, -0.05) is 158 Å². The van der Waals surface area contributed by atoms with Crippen molar-refractivity contribution >= 4 is 71.2 Å². The summed E-state index contributed by atoms with van der Waals surface area (Å²) in [6.07, 6.45) is 0. The Morgan fingerprint density at radius 2 is 0.964 bits per heavy atom. The van der Waals surface area contributed by atoms with Gasteiger partial charge in [-0.05, 0) is 110 Å². The third kappa shape index (κ3) is 5.26. The summed E-state index contributed by atoms with van der Waals surface area (Å²) in [7, 11) is 0. The first-order valence-corrected chi connectivity index (χ1v) is 19.3. The third-order valence-corrected chi connectivity index (χ3v) is 11.3. The smallest absolute Gasteiger partial charge is 0.0553 e. The summed E-state index contributed by atoms with van der Waals surface area (Å²) >= 11 is 0. The van der Waals surface area contributed by atoms with Gasteiger partial charge in [0.25, 0.3) is 0 Å². The average Bonchev–Trinajstić information content (AvgIpc) is 3.60. The fraction of sp³-hybridized carbons (Fsp3) is 0. The van der Waals surface area contributed by atoms with E-state index in [0.717, 1.165) is 22.7 Å². The van der Waals surface area contributed by atoms with Gasteiger partial charge in [0, 0.05) is 33.2 Å². The zero-order valence-corrected chi connectivity index (χ0v) is 30.7. The fourth-order valence-corrected chi connectivity index (χ4v) is 8.75. The van der Waals surface area contributed by atoms with E-state index in [-0.39, 0.29) is 0 Å². The van der Waals surface area contributed by atoms with Crippen molar-refractivity contribution in [2.45, 2.75) is 0 Å². The van der Waals surface area contributed by atoms with Crippen LogP contribution in [0.1, 0.15) is 0 Å². The lowest BCUT2D eigenvalue weighted by Crippen LogP contribution is -2.10. The van der Waals surface area contributed by atoms with Gasteiger partial charge in [-0.15, -0.1) is 0 Å². The highest BCUT2D eigenvalue weighted by molar-refractivity contribution is 6.23. The molecule has 0 unspecified atom stereocenters. The highest BCUT2D eigenvalue weighted by atomic mass is 15.1. The van der Waals surface area contributed by atoms with Crippen molar-refractivity contribution < 1.29 is 0 Å². The maximum atomic E-state index is 2.42. The third-order valence-electron chi connectivity index (χ3n) is 11.3. The normalized spacial score (nSPS) is 11.6. The fourth-order valence-electron chi connectivity index (χ4n) is 8.75. The Morgan fingerprint density at radius 1 is 0.321 bits per heavy atom. The minimum Gasteiger partial charge on any atom is -0.310 e. The average molecular weight is 713 g/mol. The maximum absolute atomic E-state index is 2.42. The van der Waals surface area contributed by atoms with Gasteiger partial charge in [0.15, 0.2) is 0 Å².